The Morgan fingerprint density at radius 3 is 1.81 bits per heavy atom. The van der Waals surface area contributed by atoms with Crippen LogP contribution in [0.4, 0.5) is 34.6 Å². The van der Waals surface area contributed by atoms with Crippen LogP contribution < -0.4 is 10.6 Å². The molecule has 0 fully saturated rings. The van der Waals surface area contributed by atoms with Crippen molar-refractivity contribution in [3.8, 4) is 0 Å². The number of hydrogen-bond acceptors (Lipinski definition) is 15. The zero-order valence-corrected chi connectivity index (χ0v) is 30.8. The second kappa shape index (κ2) is 13.9. The van der Waals surface area contributed by atoms with E-state index in [1.165, 1.54) is 24.3 Å². The largest absolute Gasteiger partial charge is 0.324 e. The molecule has 1 aromatic heterocycles. The van der Waals surface area contributed by atoms with Crippen molar-refractivity contribution in [1.29, 1.82) is 0 Å². The first-order valence-corrected chi connectivity index (χ1v) is 20.7. The highest BCUT2D eigenvalue weighted by molar-refractivity contribution is 7.87. The summed E-state index contributed by atoms with van der Waals surface area (Å²) in [7, 11) is -20.4. The predicted molar refractivity (Wildman–Crippen MR) is 194 cm³/mol. The van der Waals surface area contributed by atoms with E-state index in [1.807, 2.05) is 19.1 Å². The van der Waals surface area contributed by atoms with Gasteiger partial charge in [-0.2, -0.15) is 48.6 Å². The van der Waals surface area contributed by atoms with Crippen LogP contribution in [0, 0.1) is 6.92 Å². The lowest BCUT2D eigenvalue weighted by Gasteiger charge is -2.14. The monoisotopic (exact) mass is 835 g/mol. The Balaban J connectivity index is 1.50. The van der Waals surface area contributed by atoms with Crippen molar-refractivity contribution in [3.05, 3.63) is 89.7 Å². The molecule has 6 rings (SSSR count). The maximum Gasteiger partial charge on any atom is 0.296 e. The molecular weight excluding hydrogens is 814 g/mol. The van der Waals surface area contributed by atoms with Gasteiger partial charge in [0.25, 0.3) is 40.5 Å². The summed E-state index contributed by atoms with van der Waals surface area (Å²) in [5.74, 6) is -0.145. The number of rotatable bonds is 10. The molecule has 0 radical (unpaired) electrons. The molecule has 0 atom stereocenters. The third-order valence-electron chi connectivity index (χ3n) is 7.51. The van der Waals surface area contributed by atoms with Crippen LogP contribution in [0.15, 0.2) is 109 Å². The molecule has 54 heavy (non-hydrogen) atoms. The van der Waals surface area contributed by atoms with Gasteiger partial charge >= 0.3 is 0 Å². The van der Waals surface area contributed by atoms with Gasteiger partial charge in [0.1, 0.15) is 20.4 Å². The van der Waals surface area contributed by atoms with Gasteiger partial charge in [0.15, 0.2) is 0 Å². The van der Waals surface area contributed by atoms with Gasteiger partial charge < -0.3 is 10.6 Å². The number of azo groups is 1. The van der Waals surface area contributed by atoms with Crippen molar-refractivity contribution in [2.45, 2.75) is 26.5 Å². The Labute approximate surface area is 310 Å². The molecule has 0 aliphatic heterocycles. The minimum atomic E-state index is -5.22. The Morgan fingerprint density at radius 1 is 0.593 bits per heavy atom. The van der Waals surface area contributed by atoms with Crippen molar-refractivity contribution in [2.75, 3.05) is 10.6 Å². The van der Waals surface area contributed by atoms with Crippen LogP contribution in [-0.2, 0) is 40.5 Å². The van der Waals surface area contributed by atoms with Gasteiger partial charge in [-0.3, -0.25) is 18.2 Å². The van der Waals surface area contributed by atoms with Crippen molar-refractivity contribution in [3.63, 3.8) is 0 Å². The summed E-state index contributed by atoms with van der Waals surface area (Å²) in [5.41, 5.74) is 0.736. The second-order valence-corrected chi connectivity index (χ2v) is 17.2. The van der Waals surface area contributed by atoms with E-state index in [1.54, 1.807) is 12.1 Å². The lowest BCUT2D eigenvalue weighted by Crippen LogP contribution is -2.06. The van der Waals surface area contributed by atoms with Crippen LogP contribution in [0.3, 0.4) is 0 Å². The average Bonchev–Trinajstić information content (AvgIpc) is 3.06. The van der Waals surface area contributed by atoms with Gasteiger partial charge in [0.05, 0.1) is 16.3 Å². The summed E-state index contributed by atoms with van der Waals surface area (Å²) in [6.45, 7) is 1.90. The van der Waals surface area contributed by atoms with Gasteiger partial charge in [0.2, 0.25) is 17.2 Å². The Bertz CT molecular complexity index is 3020. The van der Waals surface area contributed by atoms with E-state index in [2.05, 4.69) is 35.8 Å². The standard InChI is InChI=1S/C30H22ClN7O12S4/c1-15-5-7-17(8-6-15)32-29-34-28(31)35-30(36-29)33-22-10-9-21(19-3-2-4-24(27(19)22)52(42,43)44)37-38-23-14-20-16(12-26(23)54(48,49)50)11-18(51(39,40)41)13-25(20)53(45,46)47/h2-14H,1H3,(H,39,40,41)(H,42,43,44)(H,45,46,47)(H,48,49,50)(H2,32,33,34,35,36). The summed E-state index contributed by atoms with van der Waals surface area (Å²) < 4.78 is 137. The van der Waals surface area contributed by atoms with Crippen molar-refractivity contribution in [2.24, 2.45) is 10.2 Å². The summed E-state index contributed by atoms with van der Waals surface area (Å²) in [6.07, 6.45) is 0. The van der Waals surface area contributed by atoms with E-state index in [0.717, 1.165) is 17.7 Å². The van der Waals surface area contributed by atoms with Crippen molar-refractivity contribution in [1.82, 2.24) is 15.0 Å². The fourth-order valence-corrected chi connectivity index (χ4v) is 8.06. The number of anilines is 4. The fourth-order valence-electron chi connectivity index (χ4n) is 5.19. The van der Waals surface area contributed by atoms with Crippen LogP contribution in [0.1, 0.15) is 5.56 Å². The molecule has 6 N–H and O–H groups in total. The van der Waals surface area contributed by atoms with E-state index in [0.29, 0.717) is 23.9 Å². The molecular formula is C30H22ClN7O12S4. The number of nitrogens with one attached hydrogen (secondary N) is 2. The van der Waals surface area contributed by atoms with E-state index < -0.39 is 76.5 Å². The third-order valence-corrected chi connectivity index (χ3v) is 11.2. The molecule has 6 aromatic rings. The van der Waals surface area contributed by atoms with Gasteiger partial charge in [-0.15, -0.1) is 10.2 Å². The quantitative estimate of drug-likeness (QED) is 0.0678. The third kappa shape index (κ3) is 8.28. The first kappa shape index (κ1) is 38.5. The maximum atomic E-state index is 12.5. The molecule has 280 valence electrons. The van der Waals surface area contributed by atoms with Crippen LogP contribution in [0.5, 0.6) is 0 Å². The SMILES string of the molecule is Cc1ccc(Nc2nc(Cl)nc(Nc3ccc(N=Nc4cc5c(S(=O)(=O)O)cc(S(=O)(=O)O)cc5cc4S(=O)(=O)O)c4cccc(S(=O)(=O)O)c34)n2)cc1. The highest BCUT2D eigenvalue weighted by Crippen LogP contribution is 2.40. The molecule has 0 bridgehead atoms. The van der Waals surface area contributed by atoms with E-state index in [-0.39, 0.29) is 39.3 Å². The number of fused-ring (bicyclic) bond motifs is 2. The van der Waals surface area contributed by atoms with Gasteiger partial charge in [-0.05, 0) is 78.5 Å². The minimum Gasteiger partial charge on any atom is -0.324 e. The number of aryl methyl sites for hydroxylation is 1. The molecule has 0 saturated carbocycles. The molecule has 1 heterocycles. The van der Waals surface area contributed by atoms with Crippen LogP contribution >= 0.6 is 11.6 Å². The number of halogens is 1. The maximum absolute atomic E-state index is 12.5. The summed E-state index contributed by atoms with van der Waals surface area (Å²) in [5, 5.41) is 12.3. The van der Waals surface area contributed by atoms with Crippen molar-refractivity contribution >= 4 is 108 Å². The van der Waals surface area contributed by atoms with Crippen molar-refractivity contribution < 1.29 is 51.9 Å². The van der Waals surface area contributed by atoms with E-state index in [9.17, 15) is 51.9 Å². The highest BCUT2D eigenvalue weighted by Gasteiger charge is 2.25. The molecule has 0 aliphatic carbocycles. The van der Waals surface area contributed by atoms with Gasteiger partial charge in [-0.1, -0.05) is 29.8 Å². The van der Waals surface area contributed by atoms with Crippen LogP contribution in [0.2, 0.25) is 5.28 Å². The number of nitrogens with zero attached hydrogens (tertiary/aromatic N) is 5. The van der Waals surface area contributed by atoms with Crippen LogP contribution in [-0.4, -0.2) is 66.8 Å². The van der Waals surface area contributed by atoms with Gasteiger partial charge in [-0.25, -0.2) is 0 Å². The van der Waals surface area contributed by atoms with Crippen LogP contribution in [0.25, 0.3) is 21.5 Å². The average molecular weight is 836 g/mol. The first-order valence-electron chi connectivity index (χ1n) is 14.6. The molecule has 0 spiro atoms. The zero-order chi connectivity index (χ0) is 39.4. The molecule has 0 saturated heterocycles. The summed E-state index contributed by atoms with van der Waals surface area (Å²) >= 11 is 6.15. The number of aromatic nitrogens is 3. The summed E-state index contributed by atoms with van der Waals surface area (Å²) in [6, 6.07) is 16.0. The fraction of sp³-hybridized carbons (Fsp3) is 0.0333. The number of hydrogen-bond donors (Lipinski definition) is 6. The minimum absolute atomic E-state index is 0.00232. The Kier molecular flexibility index (Phi) is 9.89. The Morgan fingerprint density at radius 2 is 1.20 bits per heavy atom. The zero-order valence-electron chi connectivity index (χ0n) is 26.8. The lowest BCUT2D eigenvalue weighted by atomic mass is 10.1. The molecule has 0 aliphatic rings. The number of benzene rings is 5. The molecule has 19 nitrogen and oxygen atoms in total. The lowest BCUT2D eigenvalue weighted by molar-refractivity contribution is 0.479. The second-order valence-electron chi connectivity index (χ2n) is 11.2. The molecule has 5 aromatic carbocycles. The molecule has 0 unspecified atom stereocenters. The molecule has 24 heteroatoms. The molecule has 0 amide bonds. The van der Waals surface area contributed by atoms with Gasteiger partial charge in [0, 0.05) is 21.8 Å². The smallest absolute Gasteiger partial charge is 0.296 e. The predicted octanol–water partition coefficient (Wildman–Crippen LogP) is 6.03. The first-order chi connectivity index (χ1) is 25.1. The van der Waals surface area contributed by atoms with E-state index >= 15 is 0 Å². The summed E-state index contributed by atoms with van der Waals surface area (Å²) in [4.78, 5) is 8.63. The topological polar surface area (TPSA) is 305 Å². The highest BCUT2D eigenvalue weighted by atomic mass is 35.5. The van der Waals surface area contributed by atoms with E-state index in [4.69, 9.17) is 11.6 Å². The Hall–Kier alpha value is -5.24. The normalized spacial score (nSPS) is 12.8.